The van der Waals surface area contributed by atoms with Crippen LogP contribution in [0.3, 0.4) is 0 Å². The van der Waals surface area contributed by atoms with E-state index in [1.807, 2.05) is 42.5 Å². The molecule has 7 nitrogen and oxygen atoms in total. The highest BCUT2D eigenvalue weighted by Gasteiger charge is 2.26. The number of carbonyl (C=O) groups excluding carboxylic acids is 3. The molecule has 1 aliphatic rings. The normalized spacial score (nSPS) is 14.0. The molecule has 2 aromatic heterocycles. The summed E-state index contributed by atoms with van der Waals surface area (Å²) in [5.41, 5.74) is 1.12. The third-order valence-electron chi connectivity index (χ3n) is 5.06. The van der Waals surface area contributed by atoms with Crippen LogP contribution in [0.4, 0.5) is 0 Å². The zero-order valence-electron chi connectivity index (χ0n) is 17.3. The standard InChI is InChI=1S/C24H22N2O5S/c27-22(25-12-14-26(15-13-25)24(29)20-7-4-16-30-20)17-31-23(28)11-9-19-8-10-21(32-19)18-5-2-1-3-6-18/h1-11,16H,12-15,17H2/b11-9+. The summed E-state index contributed by atoms with van der Waals surface area (Å²) in [4.78, 5) is 41.9. The number of hydrogen-bond acceptors (Lipinski definition) is 6. The van der Waals surface area contributed by atoms with E-state index in [1.165, 1.54) is 12.3 Å². The van der Waals surface area contributed by atoms with Crippen molar-refractivity contribution in [2.75, 3.05) is 32.8 Å². The van der Waals surface area contributed by atoms with E-state index in [-0.39, 0.29) is 24.2 Å². The minimum Gasteiger partial charge on any atom is -0.459 e. The lowest BCUT2D eigenvalue weighted by molar-refractivity contribution is -0.148. The number of ether oxygens (including phenoxy) is 1. The van der Waals surface area contributed by atoms with Crippen LogP contribution >= 0.6 is 11.3 Å². The lowest BCUT2D eigenvalue weighted by Crippen LogP contribution is -2.51. The van der Waals surface area contributed by atoms with Gasteiger partial charge in [0.25, 0.3) is 11.8 Å². The first-order valence-corrected chi connectivity index (χ1v) is 11.0. The van der Waals surface area contributed by atoms with Crippen LogP contribution < -0.4 is 0 Å². The molecule has 8 heteroatoms. The average molecular weight is 451 g/mol. The molecule has 3 aromatic rings. The van der Waals surface area contributed by atoms with E-state index < -0.39 is 5.97 Å². The fourth-order valence-electron chi connectivity index (χ4n) is 3.34. The quantitative estimate of drug-likeness (QED) is 0.424. The summed E-state index contributed by atoms with van der Waals surface area (Å²) in [6.45, 7) is 1.25. The predicted octanol–water partition coefficient (Wildman–Crippen LogP) is 3.55. The summed E-state index contributed by atoms with van der Waals surface area (Å²) < 4.78 is 10.2. The van der Waals surface area contributed by atoms with Crippen LogP contribution in [0, 0.1) is 0 Å². The van der Waals surface area contributed by atoms with Crippen molar-refractivity contribution in [3.8, 4) is 10.4 Å². The van der Waals surface area contributed by atoms with Crippen LogP contribution in [-0.4, -0.2) is 60.4 Å². The molecule has 0 bridgehead atoms. The van der Waals surface area contributed by atoms with Gasteiger partial charge >= 0.3 is 5.97 Å². The van der Waals surface area contributed by atoms with E-state index in [1.54, 1.807) is 39.3 Å². The minimum absolute atomic E-state index is 0.192. The molecule has 0 unspecified atom stereocenters. The zero-order chi connectivity index (χ0) is 22.3. The number of benzene rings is 1. The summed E-state index contributed by atoms with van der Waals surface area (Å²) >= 11 is 1.57. The molecular weight excluding hydrogens is 428 g/mol. The van der Waals surface area contributed by atoms with Crippen LogP contribution in [0.5, 0.6) is 0 Å². The number of rotatable bonds is 6. The Bertz CT molecular complexity index is 1100. The van der Waals surface area contributed by atoms with Gasteiger partial charge in [-0.05, 0) is 35.9 Å². The molecule has 1 fully saturated rings. The Morgan fingerprint density at radius 3 is 2.41 bits per heavy atom. The van der Waals surface area contributed by atoms with Crippen molar-refractivity contribution < 1.29 is 23.5 Å². The first kappa shape index (κ1) is 21.6. The van der Waals surface area contributed by atoms with E-state index in [2.05, 4.69) is 0 Å². The van der Waals surface area contributed by atoms with E-state index in [4.69, 9.17) is 9.15 Å². The van der Waals surface area contributed by atoms with Gasteiger partial charge in [-0.25, -0.2) is 4.79 Å². The molecule has 0 aliphatic carbocycles. The van der Waals surface area contributed by atoms with Crippen molar-refractivity contribution in [2.45, 2.75) is 0 Å². The number of furan rings is 1. The minimum atomic E-state index is -0.570. The summed E-state index contributed by atoms with van der Waals surface area (Å²) in [6.07, 6.45) is 4.47. The lowest BCUT2D eigenvalue weighted by Gasteiger charge is -2.34. The zero-order valence-corrected chi connectivity index (χ0v) is 18.1. The molecule has 0 N–H and O–H groups in total. The second-order valence-corrected chi connectivity index (χ2v) is 8.27. The van der Waals surface area contributed by atoms with Gasteiger partial charge in [0.05, 0.1) is 6.26 Å². The van der Waals surface area contributed by atoms with Gasteiger partial charge in [0.2, 0.25) is 0 Å². The molecule has 1 saturated heterocycles. The predicted molar refractivity (Wildman–Crippen MR) is 121 cm³/mol. The van der Waals surface area contributed by atoms with Gasteiger partial charge in [-0.1, -0.05) is 30.3 Å². The SMILES string of the molecule is O=C(/C=C/c1ccc(-c2ccccc2)s1)OCC(=O)N1CCN(C(=O)c2ccco2)CC1. The summed E-state index contributed by atoms with van der Waals surface area (Å²) in [7, 11) is 0. The van der Waals surface area contributed by atoms with Gasteiger partial charge < -0.3 is 19.0 Å². The molecule has 32 heavy (non-hydrogen) atoms. The van der Waals surface area contributed by atoms with E-state index in [9.17, 15) is 14.4 Å². The summed E-state index contributed by atoms with van der Waals surface area (Å²) in [5.74, 6) is -0.756. The van der Waals surface area contributed by atoms with Crippen molar-refractivity contribution in [1.29, 1.82) is 0 Å². The Balaban J connectivity index is 1.21. The highest BCUT2D eigenvalue weighted by Crippen LogP contribution is 2.28. The van der Waals surface area contributed by atoms with Gasteiger partial charge in [0, 0.05) is 42.0 Å². The van der Waals surface area contributed by atoms with E-state index in [0.717, 1.165) is 15.3 Å². The van der Waals surface area contributed by atoms with Crippen molar-refractivity contribution in [2.24, 2.45) is 0 Å². The molecule has 3 heterocycles. The lowest BCUT2D eigenvalue weighted by atomic mass is 10.2. The Labute approximate surface area is 189 Å². The van der Waals surface area contributed by atoms with Gasteiger partial charge in [-0.3, -0.25) is 9.59 Å². The number of amides is 2. The third-order valence-corrected chi connectivity index (χ3v) is 6.16. The molecular formula is C24H22N2O5S. The largest absolute Gasteiger partial charge is 0.459 e. The average Bonchev–Trinajstić information content (AvgIpc) is 3.54. The molecule has 1 aliphatic heterocycles. The Morgan fingerprint density at radius 2 is 1.69 bits per heavy atom. The second-order valence-electron chi connectivity index (χ2n) is 7.16. The Kier molecular flexibility index (Phi) is 6.81. The topological polar surface area (TPSA) is 80.1 Å². The van der Waals surface area contributed by atoms with Gasteiger partial charge in [-0.2, -0.15) is 0 Å². The van der Waals surface area contributed by atoms with Crippen LogP contribution in [0.15, 0.2) is 71.4 Å². The molecule has 0 radical (unpaired) electrons. The molecule has 0 atom stereocenters. The van der Waals surface area contributed by atoms with Crippen molar-refractivity contribution in [3.63, 3.8) is 0 Å². The van der Waals surface area contributed by atoms with Crippen LogP contribution in [0.2, 0.25) is 0 Å². The van der Waals surface area contributed by atoms with Gasteiger partial charge in [0.15, 0.2) is 12.4 Å². The molecule has 2 amide bonds. The smallest absolute Gasteiger partial charge is 0.331 e. The molecule has 0 spiro atoms. The maximum absolute atomic E-state index is 12.3. The van der Waals surface area contributed by atoms with E-state index >= 15 is 0 Å². The van der Waals surface area contributed by atoms with Crippen molar-refractivity contribution in [1.82, 2.24) is 9.80 Å². The summed E-state index contributed by atoms with van der Waals surface area (Å²) in [5, 5.41) is 0. The number of nitrogens with zero attached hydrogens (tertiary/aromatic N) is 2. The van der Waals surface area contributed by atoms with E-state index in [0.29, 0.717) is 26.2 Å². The van der Waals surface area contributed by atoms with Crippen LogP contribution in [-0.2, 0) is 14.3 Å². The number of hydrogen-bond donors (Lipinski definition) is 0. The molecule has 0 saturated carbocycles. The van der Waals surface area contributed by atoms with Crippen molar-refractivity contribution in [3.05, 3.63) is 77.6 Å². The molecule has 1 aromatic carbocycles. The van der Waals surface area contributed by atoms with Gasteiger partial charge in [-0.15, -0.1) is 11.3 Å². The monoisotopic (exact) mass is 450 g/mol. The van der Waals surface area contributed by atoms with Crippen LogP contribution in [0.25, 0.3) is 16.5 Å². The first-order chi connectivity index (χ1) is 15.6. The molecule has 4 rings (SSSR count). The van der Waals surface area contributed by atoms with Gasteiger partial charge in [0.1, 0.15) is 0 Å². The third kappa shape index (κ3) is 5.33. The Morgan fingerprint density at radius 1 is 0.938 bits per heavy atom. The maximum Gasteiger partial charge on any atom is 0.331 e. The number of esters is 1. The summed E-state index contributed by atoms with van der Waals surface area (Å²) in [6, 6.07) is 17.2. The highest BCUT2D eigenvalue weighted by molar-refractivity contribution is 7.16. The number of piperazine rings is 1. The molecule has 164 valence electrons. The first-order valence-electron chi connectivity index (χ1n) is 10.2. The number of carbonyl (C=O) groups is 3. The Hall–Kier alpha value is -3.65. The fourth-order valence-corrected chi connectivity index (χ4v) is 4.25. The highest BCUT2D eigenvalue weighted by atomic mass is 32.1. The number of thiophene rings is 1. The fraction of sp³-hybridized carbons (Fsp3) is 0.208. The van der Waals surface area contributed by atoms with Crippen molar-refractivity contribution >= 4 is 35.2 Å². The second kappa shape index (κ2) is 10.1. The van der Waals surface area contributed by atoms with Crippen LogP contribution in [0.1, 0.15) is 15.4 Å². The maximum atomic E-state index is 12.3.